The summed E-state index contributed by atoms with van der Waals surface area (Å²) in [4.78, 5) is 41.9. The number of benzene rings is 1. The number of nitrogens with zero attached hydrogens (tertiary/aromatic N) is 2. The van der Waals surface area contributed by atoms with Gasteiger partial charge >= 0.3 is 12.1 Å². The molecule has 1 fully saturated rings. The number of fused-ring (bicyclic) bond motifs is 2. The molecule has 1 aromatic carbocycles. The number of cyclic esters (lactones) is 1. The summed E-state index contributed by atoms with van der Waals surface area (Å²) in [5, 5.41) is 0.728. The van der Waals surface area contributed by atoms with Crippen LogP contribution in [0.25, 0.3) is 10.9 Å². The van der Waals surface area contributed by atoms with Crippen LogP contribution in [0.5, 0.6) is 0 Å². The minimum absolute atomic E-state index is 0.168. The van der Waals surface area contributed by atoms with Crippen LogP contribution in [-0.4, -0.2) is 47.6 Å². The maximum atomic E-state index is 12.8. The minimum Gasteiger partial charge on any atom is -0.452 e. The van der Waals surface area contributed by atoms with Gasteiger partial charge in [0.25, 0.3) is 5.91 Å². The van der Waals surface area contributed by atoms with Crippen molar-refractivity contribution in [1.82, 2.24) is 9.88 Å². The average Bonchev–Trinajstić information content (AvgIpc) is 3.10. The number of pyridine rings is 1. The number of carbonyl (C=O) groups is 3. The molecule has 0 atom stereocenters. The molecule has 4 rings (SSSR count). The molecular formula is C19H18N2O5. The molecule has 134 valence electrons. The summed E-state index contributed by atoms with van der Waals surface area (Å²) in [5.41, 5.74) is 3.07. The molecule has 0 bridgehead atoms. The Morgan fingerprint density at radius 1 is 1.19 bits per heavy atom. The number of para-hydroxylation sites is 1. The second-order valence-electron chi connectivity index (χ2n) is 6.37. The summed E-state index contributed by atoms with van der Waals surface area (Å²) in [6.07, 6.45) is 2.94. The molecule has 7 heteroatoms. The number of amides is 2. The zero-order valence-corrected chi connectivity index (χ0v) is 14.2. The van der Waals surface area contributed by atoms with E-state index in [1.807, 2.05) is 24.3 Å². The van der Waals surface area contributed by atoms with E-state index in [0.717, 1.165) is 52.7 Å². The van der Waals surface area contributed by atoms with Gasteiger partial charge < -0.3 is 9.47 Å². The van der Waals surface area contributed by atoms with Crippen LogP contribution in [0.3, 0.4) is 0 Å². The van der Waals surface area contributed by atoms with E-state index in [2.05, 4.69) is 4.98 Å². The van der Waals surface area contributed by atoms with Crippen molar-refractivity contribution in [2.24, 2.45) is 0 Å². The molecule has 2 heterocycles. The fraction of sp³-hybridized carbons (Fsp3) is 0.368. The summed E-state index contributed by atoms with van der Waals surface area (Å²) < 4.78 is 9.99. The van der Waals surface area contributed by atoms with E-state index in [4.69, 9.17) is 9.47 Å². The van der Waals surface area contributed by atoms with Crippen molar-refractivity contribution in [2.45, 2.75) is 25.7 Å². The van der Waals surface area contributed by atoms with Crippen molar-refractivity contribution in [3.63, 3.8) is 0 Å². The van der Waals surface area contributed by atoms with Gasteiger partial charge in [-0.15, -0.1) is 0 Å². The van der Waals surface area contributed by atoms with Gasteiger partial charge in [0.05, 0.1) is 17.6 Å². The topological polar surface area (TPSA) is 85.8 Å². The van der Waals surface area contributed by atoms with Crippen LogP contribution in [0.1, 0.15) is 34.5 Å². The number of hydrogen-bond donors (Lipinski definition) is 0. The highest BCUT2D eigenvalue weighted by Crippen LogP contribution is 2.29. The first kappa shape index (κ1) is 16.5. The van der Waals surface area contributed by atoms with Gasteiger partial charge in [-0.25, -0.2) is 14.5 Å². The summed E-state index contributed by atoms with van der Waals surface area (Å²) in [7, 11) is 0. The first-order valence-electron chi connectivity index (χ1n) is 8.70. The predicted molar refractivity (Wildman–Crippen MR) is 91.7 cm³/mol. The number of aromatic nitrogens is 1. The van der Waals surface area contributed by atoms with Crippen LogP contribution in [-0.2, 0) is 27.1 Å². The lowest BCUT2D eigenvalue weighted by Gasteiger charge is -2.20. The van der Waals surface area contributed by atoms with Crippen LogP contribution < -0.4 is 0 Å². The number of aryl methyl sites for hydroxylation is 1. The van der Waals surface area contributed by atoms with Crippen LogP contribution in [0.15, 0.2) is 24.3 Å². The third kappa shape index (κ3) is 2.89. The number of carbonyl (C=O) groups excluding carboxylic acids is 3. The largest absolute Gasteiger partial charge is 0.452 e. The number of hydrogen-bond acceptors (Lipinski definition) is 6. The second kappa shape index (κ2) is 6.74. The van der Waals surface area contributed by atoms with E-state index < -0.39 is 24.6 Å². The molecule has 1 aromatic heterocycles. The molecule has 1 aliphatic carbocycles. The lowest BCUT2D eigenvalue weighted by atomic mass is 9.90. The van der Waals surface area contributed by atoms with Crippen molar-refractivity contribution >= 4 is 28.9 Å². The van der Waals surface area contributed by atoms with E-state index in [0.29, 0.717) is 5.56 Å². The van der Waals surface area contributed by atoms with E-state index in [1.165, 1.54) is 0 Å². The lowest BCUT2D eigenvalue weighted by Crippen LogP contribution is -2.35. The molecule has 2 aliphatic rings. The second-order valence-corrected chi connectivity index (χ2v) is 6.37. The zero-order chi connectivity index (χ0) is 18.1. The highest BCUT2D eigenvalue weighted by atomic mass is 16.6. The Hall–Kier alpha value is -2.96. The fourth-order valence-corrected chi connectivity index (χ4v) is 3.50. The molecule has 0 radical (unpaired) electrons. The first-order chi connectivity index (χ1) is 12.6. The Labute approximate surface area is 149 Å². The molecule has 0 saturated carbocycles. The number of esters is 1. The van der Waals surface area contributed by atoms with Gasteiger partial charge in [0.15, 0.2) is 6.61 Å². The summed E-state index contributed by atoms with van der Waals surface area (Å²) in [5.74, 6) is -1.13. The zero-order valence-electron chi connectivity index (χ0n) is 14.2. The lowest BCUT2D eigenvalue weighted by molar-refractivity contribution is -0.131. The van der Waals surface area contributed by atoms with Gasteiger partial charge in [-0.1, -0.05) is 18.2 Å². The van der Waals surface area contributed by atoms with Crippen molar-refractivity contribution in [2.75, 3.05) is 19.8 Å². The van der Waals surface area contributed by atoms with E-state index in [1.54, 1.807) is 0 Å². The van der Waals surface area contributed by atoms with Gasteiger partial charge in [0.1, 0.15) is 6.61 Å². The Kier molecular flexibility index (Phi) is 4.28. The molecular weight excluding hydrogens is 336 g/mol. The standard InChI is InChI=1S/C19H18N2O5/c22-16(21-9-10-25-19(21)24)11-26-18(23)17-12-5-1-3-7-14(12)20-15-8-4-2-6-13(15)17/h1,3,5,7H,2,4,6,8-11H2. The highest BCUT2D eigenvalue weighted by molar-refractivity contribution is 6.06. The SMILES string of the molecule is O=C(OCC(=O)N1CCOC1=O)c1c2c(nc3ccccc13)CCCC2. The van der Waals surface area contributed by atoms with Crippen LogP contribution in [0.2, 0.25) is 0 Å². The van der Waals surface area contributed by atoms with Gasteiger partial charge in [-0.3, -0.25) is 9.78 Å². The molecule has 2 amide bonds. The quantitative estimate of drug-likeness (QED) is 0.786. The predicted octanol–water partition coefficient (Wildman–Crippen LogP) is 2.25. The third-order valence-electron chi connectivity index (χ3n) is 4.76. The Morgan fingerprint density at radius 2 is 2.00 bits per heavy atom. The van der Waals surface area contributed by atoms with Gasteiger partial charge in [0, 0.05) is 11.1 Å². The molecule has 0 spiro atoms. The van der Waals surface area contributed by atoms with Gasteiger partial charge in [-0.2, -0.15) is 0 Å². The molecule has 0 unspecified atom stereocenters. The first-order valence-corrected chi connectivity index (χ1v) is 8.70. The third-order valence-corrected chi connectivity index (χ3v) is 4.76. The molecule has 0 N–H and O–H groups in total. The van der Waals surface area contributed by atoms with Crippen LogP contribution in [0.4, 0.5) is 4.79 Å². The number of rotatable bonds is 3. The van der Waals surface area contributed by atoms with Gasteiger partial charge in [0.2, 0.25) is 0 Å². The molecule has 7 nitrogen and oxygen atoms in total. The number of imide groups is 1. The van der Waals surface area contributed by atoms with Crippen molar-refractivity contribution < 1.29 is 23.9 Å². The highest BCUT2D eigenvalue weighted by Gasteiger charge is 2.30. The Balaban J connectivity index is 1.62. The summed E-state index contributed by atoms with van der Waals surface area (Å²) >= 11 is 0. The maximum Gasteiger partial charge on any atom is 0.416 e. The van der Waals surface area contributed by atoms with Crippen molar-refractivity contribution in [3.8, 4) is 0 Å². The minimum atomic E-state index is -0.696. The van der Waals surface area contributed by atoms with Crippen LogP contribution in [0, 0.1) is 0 Å². The van der Waals surface area contributed by atoms with E-state index in [-0.39, 0.29) is 13.2 Å². The Bertz CT molecular complexity index is 908. The Morgan fingerprint density at radius 3 is 2.81 bits per heavy atom. The monoisotopic (exact) mass is 354 g/mol. The smallest absolute Gasteiger partial charge is 0.416 e. The van der Waals surface area contributed by atoms with Crippen molar-refractivity contribution in [3.05, 3.63) is 41.1 Å². The normalized spacial score (nSPS) is 16.3. The number of ether oxygens (including phenoxy) is 2. The molecule has 1 saturated heterocycles. The van der Waals surface area contributed by atoms with Gasteiger partial charge in [-0.05, 0) is 37.3 Å². The summed E-state index contributed by atoms with van der Waals surface area (Å²) in [6, 6.07) is 7.43. The summed E-state index contributed by atoms with van der Waals surface area (Å²) in [6.45, 7) is -0.136. The van der Waals surface area contributed by atoms with E-state index in [9.17, 15) is 14.4 Å². The van der Waals surface area contributed by atoms with Crippen molar-refractivity contribution in [1.29, 1.82) is 0 Å². The fourth-order valence-electron chi connectivity index (χ4n) is 3.50. The molecule has 2 aromatic rings. The van der Waals surface area contributed by atoms with E-state index >= 15 is 0 Å². The average molecular weight is 354 g/mol. The molecule has 1 aliphatic heterocycles. The maximum absolute atomic E-state index is 12.8. The molecule has 26 heavy (non-hydrogen) atoms. The van der Waals surface area contributed by atoms with Crippen LogP contribution >= 0.6 is 0 Å².